The number of aliphatic hydroxyl groups is 1. The van der Waals surface area contributed by atoms with Crippen molar-refractivity contribution >= 4 is 23.1 Å². The van der Waals surface area contributed by atoms with E-state index in [0.717, 1.165) is 16.9 Å². The molecule has 0 aliphatic carbocycles. The number of pyridine rings is 1. The highest BCUT2D eigenvalue weighted by molar-refractivity contribution is 6.02. The number of rotatable bonds is 2. The number of para-hydroxylation sites is 2. The minimum Gasteiger partial charge on any atom is -0.392 e. The van der Waals surface area contributed by atoms with Gasteiger partial charge in [0, 0.05) is 6.20 Å². The Kier molecular flexibility index (Phi) is 2.89. The number of nitrogens with one attached hydrogen (secondary N) is 1. The van der Waals surface area contributed by atoms with Gasteiger partial charge in [-0.1, -0.05) is 18.2 Å². The van der Waals surface area contributed by atoms with Crippen molar-refractivity contribution in [2.45, 2.75) is 6.61 Å². The van der Waals surface area contributed by atoms with Crippen molar-refractivity contribution in [1.82, 2.24) is 4.98 Å². The van der Waals surface area contributed by atoms with Gasteiger partial charge < -0.3 is 15.3 Å². The zero-order valence-electron chi connectivity index (χ0n) is 10.2. The van der Waals surface area contributed by atoms with Crippen molar-refractivity contribution in [3.63, 3.8) is 0 Å². The van der Waals surface area contributed by atoms with Crippen LogP contribution in [0.15, 0.2) is 42.6 Å². The molecule has 0 saturated carbocycles. The van der Waals surface area contributed by atoms with Crippen LogP contribution in [-0.2, 0) is 11.4 Å². The highest BCUT2D eigenvalue weighted by Gasteiger charge is 2.23. The lowest BCUT2D eigenvalue weighted by atomic mass is 10.2. The van der Waals surface area contributed by atoms with Crippen LogP contribution >= 0.6 is 0 Å². The van der Waals surface area contributed by atoms with Crippen LogP contribution in [0.5, 0.6) is 0 Å². The van der Waals surface area contributed by atoms with Crippen molar-refractivity contribution in [3.8, 4) is 0 Å². The molecule has 1 aliphatic rings. The number of carbonyl (C=O) groups is 1. The molecule has 19 heavy (non-hydrogen) atoms. The van der Waals surface area contributed by atoms with Gasteiger partial charge in [-0.15, -0.1) is 0 Å². The van der Waals surface area contributed by atoms with E-state index in [-0.39, 0.29) is 19.1 Å². The van der Waals surface area contributed by atoms with E-state index in [1.165, 1.54) is 0 Å². The third kappa shape index (κ3) is 2.15. The van der Waals surface area contributed by atoms with Gasteiger partial charge in [0.15, 0.2) is 0 Å². The number of aliphatic hydroxyl groups excluding tert-OH is 1. The molecule has 0 fully saturated rings. The van der Waals surface area contributed by atoms with Gasteiger partial charge in [0.2, 0.25) is 5.91 Å². The molecule has 5 nitrogen and oxygen atoms in total. The third-order valence-corrected chi connectivity index (χ3v) is 3.04. The average molecular weight is 255 g/mol. The standard InChI is InChI=1S/C14H13N3O2/c18-9-10-5-6-13(15-7-10)17-8-14(19)16-11-3-1-2-4-12(11)17/h1-7,18H,8-9H2,(H,16,19). The molecule has 0 atom stereocenters. The molecule has 3 rings (SSSR count). The number of carbonyl (C=O) groups excluding carboxylic acids is 1. The zero-order valence-corrected chi connectivity index (χ0v) is 10.2. The third-order valence-electron chi connectivity index (χ3n) is 3.04. The first-order chi connectivity index (χ1) is 9.28. The fraction of sp³-hybridized carbons (Fsp3) is 0.143. The number of anilines is 3. The second-order valence-electron chi connectivity index (χ2n) is 4.33. The lowest BCUT2D eigenvalue weighted by Gasteiger charge is -2.29. The van der Waals surface area contributed by atoms with E-state index in [4.69, 9.17) is 5.11 Å². The van der Waals surface area contributed by atoms with Gasteiger partial charge in [0.1, 0.15) is 12.4 Å². The van der Waals surface area contributed by atoms with Crippen LogP contribution in [0.2, 0.25) is 0 Å². The summed E-state index contributed by atoms with van der Waals surface area (Å²) in [5, 5.41) is 11.9. The SMILES string of the molecule is O=C1CN(c2ccc(CO)cn2)c2ccccc2N1. The monoisotopic (exact) mass is 255 g/mol. The molecular weight excluding hydrogens is 242 g/mol. The summed E-state index contributed by atoms with van der Waals surface area (Å²) in [6, 6.07) is 11.2. The fourth-order valence-electron chi connectivity index (χ4n) is 2.11. The van der Waals surface area contributed by atoms with Crippen LogP contribution in [0.3, 0.4) is 0 Å². The van der Waals surface area contributed by atoms with E-state index in [1.807, 2.05) is 29.2 Å². The maximum atomic E-state index is 11.7. The Hall–Kier alpha value is -2.40. The van der Waals surface area contributed by atoms with E-state index in [2.05, 4.69) is 10.3 Å². The van der Waals surface area contributed by atoms with Gasteiger partial charge >= 0.3 is 0 Å². The molecule has 2 heterocycles. The van der Waals surface area contributed by atoms with Crippen molar-refractivity contribution in [1.29, 1.82) is 0 Å². The van der Waals surface area contributed by atoms with Crippen molar-refractivity contribution < 1.29 is 9.90 Å². The molecule has 2 N–H and O–H groups in total. The first-order valence-corrected chi connectivity index (χ1v) is 6.00. The largest absolute Gasteiger partial charge is 0.392 e. The summed E-state index contributed by atoms with van der Waals surface area (Å²) >= 11 is 0. The van der Waals surface area contributed by atoms with E-state index in [1.54, 1.807) is 18.3 Å². The smallest absolute Gasteiger partial charge is 0.244 e. The van der Waals surface area contributed by atoms with Crippen molar-refractivity contribution in [3.05, 3.63) is 48.2 Å². The molecule has 1 aromatic carbocycles. The molecule has 0 saturated heterocycles. The van der Waals surface area contributed by atoms with Crippen LogP contribution in [0, 0.1) is 0 Å². The molecule has 2 aromatic rings. The Morgan fingerprint density at radius 3 is 2.84 bits per heavy atom. The normalized spacial score (nSPS) is 13.9. The topological polar surface area (TPSA) is 65.5 Å². The van der Waals surface area contributed by atoms with Crippen LogP contribution in [0.25, 0.3) is 0 Å². The summed E-state index contributed by atoms with van der Waals surface area (Å²) in [5.41, 5.74) is 2.46. The van der Waals surface area contributed by atoms with Crippen molar-refractivity contribution in [2.24, 2.45) is 0 Å². The summed E-state index contributed by atoms with van der Waals surface area (Å²) < 4.78 is 0. The van der Waals surface area contributed by atoms with Gasteiger partial charge in [-0.3, -0.25) is 4.79 Å². The Morgan fingerprint density at radius 1 is 1.26 bits per heavy atom. The Morgan fingerprint density at radius 2 is 2.11 bits per heavy atom. The highest BCUT2D eigenvalue weighted by atomic mass is 16.3. The van der Waals surface area contributed by atoms with Crippen LogP contribution in [-0.4, -0.2) is 22.5 Å². The van der Waals surface area contributed by atoms with Crippen LogP contribution in [0.1, 0.15) is 5.56 Å². The van der Waals surface area contributed by atoms with Gasteiger partial charge in [0.05, 0.1) is 18.0 Å². The molecule has 0 unspecified atom stereocenters. The summed E-state index contributed by atoms with van der Waals surface area (Å²) in [5.74, 6) is 0.631. The van der Waals surface area contributed by atoms with Gasteiger partial charge in [0.25, 0.3) is 0 Å². The average Bonchev–Trinajstić information content (AvgIpc) is 2.46. The number of fused-ring (bicyclic) bond motifs is 1. The Labute approximate surface area is 110 Å². The van der Waals surface area contributed by atoms with E-state index in [0.29, 0.717) is 5.82 Å². The number of hydrogen-bond donors (Lipinski definition) is 2. The fourth-order valence-corrected chi connectivity index (χ4v) is 2.11. The number of aromatic nitrogens is 1. The van der Waals surface area contributed by atoms with Gasteiger partial charge in [-0.2, -0.15) is 0 Å². The Bertz CT molecular complexity index is 610. The predicted molar refractivity (Wildman–Crippen MR) is 72.2 cm³/mol. The van der Waals surface area contributed by atoms with Gasteiger partial charge in [-0.25, -0.2) is 4.98 Å². The number of amides is 1. The number of nitrogens with zero attached hydrogens (tertiary/aromatic N) is 2. The minimum atomic E-state index is -0.0632. The summed E-state index contributed by atoms with van der Waals surface area (Å²) in [6.07, 6.45) is 1.62. The van der Waals surface area contributed by atoms with Gasteiger partial charge in [-0.05, 0) is 23.8 Å². The quantitative estimate of drug-likeness (QED) is 0.856. The molecule has 1 amide bonds. The van der Waals surface area contributed by atoms with Crippen LogP contribution in [0.4, 0.5) is 17.2 Å². The highest BCUT2D eigenvalue weighted by Crippen LogP contribution is 2.33. The second kappa shape index (κ2) is 4.70. The molecule has 1 aromatic heterocycles. The predicted octanol–water partition coefficient (Wildman–Crippen LogP) is 1.66. The summed E-state index contributed by atoms with van der Waals surface area (Å²) in [7, 11) is 0. The lowest BCUT2D eigenvalue weighted by Crippen LogP contribution is -2.35. The number of hydrogen-bond acceptors (Lipinski definition) is 4. The maximum absolute atomic E-state index is 11.7. The molecule has 0 radical (unpaired) electrons. The molecule has 96 valence electrons. The molecule has 0 spiro atoms. The minimum absolute atomic E-state index is 0.0373. The van der Waals surface area contributed by atoms with Crippen LogP contribution < -0.4 is 10.2 Å². The molecule has 1 aliphatic heterocycles. The first kappa shape index (κ1) is 11.7. The Balaban J connectivity index is 2.02. The molecular formula is C14H13N3O2. The zero-order chi connectivity index (χ0) is 13.2. The first-order valence-electron chi connectivity index (χ1n) is 6.00. The van der Waals surface area contributed by atoms with E-state index in [9.17, 15) is 4.79 Å². The van der Waals surface area contributed by atoms with Crippen molar-refractivity contribution in [2.75, 3.05) is 16.8 Å². The summed E-state index contributed by atoms with van der Waals surface area (Å²) in [4.78, 5) is 17.9. The molecule has 0 bridgehead atoms. The number of benzene rings is 1. The second-order valence-corrected chi connectivity index (χ2v) is 4.33. The summed E-state index contributed by atoms with van der Waals surface area (Å²) in [6.45, 7) is 0.201. The van der Waals surface area contributed by atoms with E-state index < -0.39 is 0 Å². The lowest BCUT2D eigenvalue weighted by molar-refractivity contribution is -0.115. The molecule has 5 heteroatoms. The van der Waals surface area contributed by atoms with E-state index >= 15 is 0 Å². The maximum Gasteiger partial charge on any atom is 0.244 e.